The van der Waals surface area contributed by atoms with Gasteiger partial charge in [0.1, 0.15) is 17.6 Å². The van der Waals surface area contributed by atoms with Gasteiger partial charge in [-0.1, -0.05) is 0 Å². The highest BCUT2D eigenvalue weighted by Crippen LogP contribution is 2.32. The summed E-state index contributed by atoms with van der Waals surface area (Å²) in [6, 6.07) is 8.54. The van der Waals surface area contributed by atoms with Gasteiger partial charge < -0.3 is 15.6 Å². The number of hydrogen-bond acceptors (Lipinski definition) is 7. The highest BCUT2D eigenvalue weighted by molar-refractivity contribution is 14.1. The quantitative estimate of drug-likeness (QED) is 0.533. The lowest BCUT2D eigenvalue weighted by atomic mass is 9.92. The molecule has 0 spiro atoms. The molecule has 3 rings (SSSR count). The van der Waals surface area contributed by atoms with E-state index in [1.165, 1.54) is 24.4 Å². The largest absolute Gasteiger partial charge is 0.493 e. The van der Waals surface area contributed by atoms with Crippen LogP contribution >= 0.6 is 22.6 Å². The fourth-order valence-electron chi connectivity index (χ4n) is 3.06. The molecule has 1 aliphatic rings. The Balaban J connectivity index is 1.77. The van der Waals surface area contributed by atoms with Gasteiger partial charge in [0.25, 0.3) is 10.0 Å². The van der Waals surface area contributed by atoms with Gasteiger partial charge in [0.15, 0.2) is 5.03 Å². The Labute approximate surface area is 181 Å². The van der Waals surface area contributed by atoms with Gasteiger partial charge in [-0.3, -0.25) is 0 Å². The van der Waals surface area contributed by atoms with Crippen LogP contribution in [0.3, 0.4) is 0 Å². The number of pyridine rings is 1. The molecule has 11 heteroatoms. The van der Waals surface area contributed by atoms with Crippen LogP contribution in [0.25, 0.3) is 0 Å². The van der Waals surface area contributed by atoms with Crippen molar-refractivity contribution >= 4 is 32.6 Å². The van der Waals surface area contributed by atoms with E-state index in [1.54, 1.807) is 12.1 Å². The number of nitriles is 1. The number of β-amino-alcohol motifs (C(OH)–C–C–N with tert-alkyl or cyclic N) is 1. The third-order valence-electron chi connectivity index (χ3n) is 4.80. The normalized spacial score (nSPS) is 22.4. The molecule has 1 aliphatic heterocycles. The summed E-state index contributed by atoms with van der Waals surface area (Å²) in [7, 11) is -3.92. The number of nitrogens with two attached hydrogens (primary N) is 1. The molecule has 1 aromatic heterocycles. The smallest absolute Gasteiger partial charge is 0.260 e. The van der Waals surface area contributed by atoms with E-state index in [2.05, 4.69) is 4.98 Å². The number of aliphatic hydroxyl groups is 1. The summed E-state index contributed by atoms with van der Waals surface area (Å²) in [4.78, 5) is 3.96. The Morgan fingerprint density at radius 1 is 1.45 bits per heavy atom. The number of benzene rings is 1. The second-order valence-corrected chi connectivity index (χ2v) is 9.81. The minimum absolute atomic E-state index is 0.0253. The van der Waals surface area contributed by atoms with Crippen molar-refractivity contribution in [2.24, 2.45) is 11.7 Å². The summed E-state index contributed by atoms with van der Waals surface area (Å²) in [6.07, 6.45) is 1.44. The molecule has 0 unspecified atom stereocenters. The maximum Gasteiger partial charge on any atom is 0.260 e. The van der Waals surface area contributed by atoms with Crippen LogP contribution in [0.2, 0.25) is 0 Å². The van der Waals surface area contributed by atoms with Gasteiger partial charge in [-0.2, -0.15) is 9.57 Å². The van der Waals surface area contributed by atoms with Gasteiger partial charge in [0.2, 0.25) is 0 Å². The Morgan fingerprint density at radius 2 is 2.21 bits per heavy atom. The van der Waals surface area contributed by atoms with Crippen LogP contribution in [-0.2, 0) is 10.0 Å². The molecule has 2 aromatic rings. The molecular formula is C18H18FIN4O4S. The molecular weight excluding hydrogens is 514 g/mol. The van der Waals surface area contributed by atoms with Crippen LogP contribution in [0.15, 0.2) is 41.6 Å². The number of sulfonamides is 1. The first-order valence-electron chi connectivity index (χ1n) is 8.56. The molecule has 154 valence electrons. The number of nitrogens with zero attached hydrogens (tertiary/aromatic N) is 3. The molecule has 2 atom stereocenters. The molecule has 29 heavy (non-hydrogen) atoms. The van der Waals surface area contributed by atoms with Crippen molar-refractivity contribution in [1.82, 2.24) is 9.29 Å². The minimum atomic E-state index is -3.92. The first-order valence-corrected chi connectivity index (χ1v) is 11.1. The minimum Gasteiger partial charge on any atom is -0.493 e. The van der Waals surface area contributed by atoms with Crippen molar-refractivity contribution in [3.63, 3.8) is 0 Å². The highest BCUT2D eigenvalue weighted by Gasteiger charge is 2.49. The van der Waals surface area contributed by atoms with E-state index in [0.29, 0.717) is 0 Å². The average Bonchev–Trinajstić information content (AvgIpc) is 3.05. The van der Waals surface area contributed by atoms with Gasteiger partial charge in [-0.05, 0) is 46.9 Å². The van der Waals surface area contributed by atoms with Crippen LogP contribution in [0.5, 0.6) is 5.75 Å². The molecule has 0 radical (unpaired) electrons. The van der Waals surface area contributed by atoms with Gasteiger partial charge in [-0.25, -0.2) is 17.8 Å². The lowest BCUT2D eigenvalue weighted by Gasteiger charge is -2.27. The van der Waals surface area contributed by atoms with Crippen molar-refractivity contribution in [3.05, 3.63) is 51.5 Å². The number of hydrogen-bond donors (Lipinski definition) is 2. The molecule has 1 saturated heterocycles. The third kappa shape index (κ3) is 4.51. The summed E-state index contributed by atoms with van der Waals surface area (Å²) in [5.41, 5.74) is 4.10. The Kier molecular flexibility index (Phi) is 6.39. The van der Waals surface area contributed by atoms with E-state index in [1.807, 2.05) is 22.6 Å². The molecule has 2 heterocycles. The number of halogens is 2. The van der Waals surface area contributed by atoms with Crippen molar-refractivity contribution in [2.45, 2.75) is 10.6 Å². The molecule has 3 N–H and O–H groups in total. The third-order valence-corrected chi connectivity index (χ3v) is 7.17. The standard InChI is InChI=1S/C18H18FIN4O4S/c19-16-5-15(3-1-12(16)6-21)28-9-13-8-24(11-18(13,25)10-22)29(26,27)17-4-2-14(20)7-23-17/h1-5,7,13,25H,8-11,22H2/t13-,18+/m1/s1. The maximum atomic E-state index is 13.7. The fourth-order valence-corrected chi connectivity index (χ4v) is 4.84. The predicted octanol–water partition coefficient (Wildman–Crippen LogP) is 1.09. The van der Waals surface area contributed by atoms with E-state index in [9.17, 15) is 17.9 Å². The number of rotatable bonds is 6. The first kappa shape index (κ1) is 21.8. The topological polar surface area (TPSA) is 130 Å². The average molecular weight is 532 g/mol. The molecule has 0 bridgehead atoms. The maximum absolute atomic E-state index is 13.7. The SMILES string of the molecule is N#Cc1ccc(OC[C@H]2CN(S(=O)(=O)c3ccc(I)cn3)C[C@@]2(O)CN)cc1F. The first-order chi connectivity index (χ1) is 13.7. The summed E-state index contributed by atoms with van der Waals surface area (Å²) in [5, 5.41) is 19.5. The molecule has 8 nitrogen and oxygen atoms in total. The zero-order valence-electron chi connectivity index (χ0n) is 15.1. The summed E-state index contributed by atoms with van der Waals surface area (Å²) < 4.78 is 46.9. The summed E-state index contributed by atoms with van der Waals surface area (Å²) >= 11 is 2.02. The van der Waals surface area contributed by atoms with E-state index in [0.717, 1.165) is 13.9 Å². The van der Waals surface area contributed by atoms with Gasteiger partial charge in [0.05, 0.1) is 17.8 Å². The Morgan fingerprint density at radius 3 is 2.79 bits per heavy atom. The van der Waals surface area contributed by atoms with Crippen LogP contribution in [0.1, 0.15) is 5.56 Å². The van der Waals surface area contributed by atoms with Crippen LogP contribution < -0.4 is 10.5 Å². The number of aromatic nitrogens is 1. The molecule has 1 aromatic carbocycles. The van der Waals surface area contributed by atoms with Crippen LogP contribution in [0.4, 0.5) is 4.39 Å². The van der Waals surface area contributed by atoms with E-state index in [-0.39, 0.29) is 42.6 Å². The Hall–Kier alpha value is -1.85. The zero-order valence-corrected chi connectivity index (χ0v) is 18.1. The molecule has 1 fully saturated rings. The van der Waals surface area contributed by atoms with Crippen molar-refractivity contribution in [3.8, 4) is 11.8 Å². The van der Waals surface area contributed by atoms with E-state index >= 15 is 0 Å². The lowest BCUT2D eigenvalue weighted by Crippen LogP contribution is -2.47. The van der Waals surface area contributed by atoms with Gasteiger partial charge in [-0.15, -0.1) is 0 Å². The number of ether oxygens (including phenoxy) is 1. The lowest BCUT2D eigenvalue weighted by molar-refractivity contribution is 0.00624. The monoisotopic (exact) mass is 532 g/mol. The van der Waals surface area contributed by atoms with Crippen molar-refractivity contribution in [2.75, 3.05) is 26.2 Å². The summed E-state index contributed by atoms with van der Waals surface area (Å²) in [5.74, 6) is -1.19. The van der Waals surface area contributed by atoms with Crippen LogP contribution in [0, 0.1) is 26.6 Å². The van der Waals surface area contributed by atoms with Crippen molar-refractivity contribution in [1.29, 1.82) is 5.26 Å². The van der Waals surface area contributed by atoms with Gasteiger partial charge in [0, 0.05) is 41.4 Å². The Bertz CT molecular complexity index is 1040. The molecule has 0 aliphatic carbocycles. The second kappa shape index (κ2) is 8.49. The van der Waals surface area contributed by atoms with Crippen molar-refractivity contribution < 1.29 is 22.7 Å². The zero-order chi connectivity index (χ0) is 21.2. The van der Waals surface area contributed by atoms with Crippen LogP contribution in [-0.4, -0.2) is 54.7 Å². The fraction of sp³-hybridized carbons (Fsp3) is 0.333. The summed E-state index contributed by atoms with van der Waals surface area (Å²) in [6.45, 7) is -0.474. The molecule has 0 amide bonds. The highest BCUT2D eigenvalue weighted by atomic mass is 127. The molecule has 0 saturated carbocycles. The predicted molar refractivity (Wildman–Crippen MR) is 110 cm³/mol. The second-order valence-electron chi connectivity index (χ2n) is 6.68. The van der Waals surface area contributed by atoms with E-state index in [4.69, 9.17) is 15.7 Å². The van der Waals surface area contributed by atoms with E-state index < -0.39 is 27.4 Å². The van der Waals surface area contributed by atoms with Gasteiger partial charge >= 0.3 is 0 Å².